The Labute approximate surface area is 134 Å². The van der Waals surface area contributed by atoms with E-state index in [0.717, 1.165) is 11.3 Å². The fourth-order valence-electron chi connectivity index (χ4n) is 2.75. The van der Waals surface area contributed by atoms with Crippen molar-refractivity contribution in [3.63, 3.8) is 0 Å². The monoisotopic (exact) mass is 314 g/mol. The molecule has 0 aromatic heterocycles. The van der Waals surface area contributed by atoms with Gasteiger partial charge in [-0.1, -0.05) is 30.3 Å². The van der Waals surface area contributed by atoms with Crippen molar-refractivity contribution in [2.45, 2.75) is 18.9 Å². The molecule has 5 heteroatoms. The average molecular weight is 314 g/mol. The van der Waals surface area contributed by atoms with Crippen molar-refractivity contribution in [2.75, 3.05) is 18.5 Å². The van der Waals surface area contributed by atoms with Gasteiger partial charge in [0.25, 0.3) is 0 Å². The van der Waals surface area contributed by atoms with E-state index in [1.807, 2.05) is 31.2 Å². The highest BCUT2D eigenvalue weighted by Gasteiger charge is 2.28. The first kappa shape index (κ1) is 15.5. The highest BCUT2D eigenvalue weighted by molar-refractivity contribution is 5.92. The van der Waals surface area contributed by atoms with Gasteiger partial charge in [-0.15, -0.1) is 0 Å². The second kappa shape index (κ2) is 6.79. The fourth-order valence-corrected chi connectivity index (χ4v) is 2.75. The molecule has 2 aromatic carbocycles. The topological polar surface area (TPSA) is 50.4 Å². The quantitative estimate of drug-likeness (QED) is 0.892. The van der Waals surface area contributed by atoms with Gasteiger partial charge in [0.2, 0.25) is 5.91 Å². The van der Waals surface area contributed by atoms with E-state index < -0.39 is 5.82 Å². The van der Waals surface area contributed by atoms with Gasteiger partial charge in [-0.2, -0.15) is 0 Å². The maximum Gasteiger partial charge on any atom is 0.238 e. The minimum atomic E-state index is -0.438. The molecule has 2 N–H and O–H groups in total. The van der Waals surface area contributed by atoms with Crippen molar-refractivity contribution < 1.29 is 13.9 Å². The van der Waals surface area contributed by atoms with Crippen molar-refractivity contribution >= 4 is 11.6 Å². The Morgan fingerprint density at radius 2 is 2.00 bits per heavy atom. The number of benzene rings is 2. The number of ether oxygens (including phenoxy) is 1. The summed E-state index contributed by atoms with van der Waals surface area (Å²) in [5.41, 5.74) is 1.35. The fraction of sp³-hybridized carbons (Fsp3) is 0.278. The number of halogens is 1. The molecule has 0 bridgehead atoms. The molecule has 1 aliphatic rings. The third-order valence-electron chi connectivity index (χ3n) is 4.07. The summed E-state index contributed by atoms with van der Waals surface area (Å²) >= 11 is 0. The van der Waals surface area contributed by atoms with Crippen LogP contribution in [0.3, 0.4) is 0 Å². The molecule has 2 aromatic rings. The largest absolute Gasteiger partial charge is 0.493 e. The van der Waals surface area contributed by atoms with Crippen molar-refractivity contribution in [1.29, 1.82) is 0 Å². The SMILES string of the molecule is C[C@H](NCC(=O)Nc1ccccc1F)[C@H]1COc2ccccc21. The van der Waals surface area contributed by atoms with Gasteiger partial charge in [0.1, 0.15) is 11.6 Å². The van der Waals surface area contributed by atoms with Gasteiger partial charge in [0.05, 0.1) is 18.8 Å². The lowest BCUT2D eigenvalue weighted by Crippen LogP contribution is -2.38. The molecule has 0 radical (unpaired) electrons. The number of rotatable bonds is 5. The predicted molar refractivity (Wildman–Crippen MR) is 87.2 cm³/mol. The van der Waals surface area contributed by atoms with E-state index in [9.17, 15) is 9.18 Å². The Morgan fingerprint density at radius 1 is 1.26 bits per heavy atom. The molecule has 3 rings (SSSR count). The van der Waals surface area contributed by atoms with Crippen LogP contribution < -0.4 is 15.4 Å². The van der Waals surface area contributed by atoms with Gasteiger partial charge in [0.15, 0.2) is 0 Å². The molecule has 120 valence electrons. The average Bonchev–Trinajstić information content (AvgIpc) is 2.99. The van der Waals surface area contributed by atoms with E-state index in [1.165, 1.54) is 12.1 Å². The van der Waals surface area contributed by atoms with Gasteiger partial charge in [-0.05, 0) is 25.1 Å². The van der Waals surface area contributed by atoms with Gasteiger partial charge < -0.3 is 15.4 Å². The van der Waals surface area contributed by atoms with Crippen LogP contribution in [0.15, 0.2) is 48.5 Å². The number of fused-ring (bicyclic) bond motifs is 1. The number of para-hydroxylation sites is 2. The number of nitrogens with one attached hydrogen (secondary N) is 2. The lowest BCUT2D eigenvalue weighted by atomic mass is 9.94. The molecule has 1 aliphatic heterocycles. The molecule has 1 amide bonds. The smallest absolute Gasteiger partial charge is 0.238 e. The maximum atomic E-state index is 13.5. The summed E-state index contributed by atoms with van der Waals surface area (Å²) in [6, 6.07) is 14.1. The van der Waals surface area contributed by atoms with E-state index in [4.69, 9.17) is 4.74 Å². The summed E-state index contributed by atoms with van der Waals surface area (Å²) in [7, 11) is 0. The maximum absolute atomic E-state index is 13.5. The standard InChI is InChI=1S/C18H19FN2O2/c1-12(14-11-23-17-9-5-2-6-13(14)17)20-10-18(22)21-16-8-4-3-7-15(16)19/h2-9,12,14,20H,10-11H2,1H3,(H,21,22)/t12-,14+/m0/s1. The minimum absolute atomic E-state index is 0.0741. The lowest BCUT2D eigenvalue weighted by molar-refractivity contribution is -0.115. The first-order valence-electron chi connectivity index (χ1n) is 7.64. The first-order valence-corrected chi connectivity index (χ1v) is 7.64. The van der Waals surface area contributed by atoms with Crippen LogP contribution in [-0.4, -0.2) is 25.1 Å². The number of hydrogen-bond acceptors (Lipinski definition) is 3. The van der Waals surface area contributed by atoms with Crippen LogP contribution in [0, 0.1) is 5.82 Å². The zero-order chi connectivity index (χ0) is 16.2. The molecule has 0 saturated carbocycles. The summed E-state index contributed by atoms with van der Waals surface area (Å²) < 4.78 is 19.2. The highest BCUT2D eigenvalue weighted by atomic mass is 19.1. The van der Waals surface area contributed by atoms with Crippen LogP contribution in [0.25, 0.3) is 0 Å². The molecule has 0 spiro atoms. The molecule has 0 fully saturated rings. The Kier molecular flexibility index (Phi) is 4.57. The zero-order valence-electron chi connectivity index (χ0n) is 12.9. The third-order valence-corrected chi connectivity index (χ3v) is 4.07. The van der Waals surface area contributed by atoms with Crippen LogP contribution in [0.5, 0.6) is 5.75 Å². The van der Waals surface area contributed by atoms with Crippen LogP contribution in [-0.2, 0) is 4.79 Å². The van der Waals surface area contributed by atoms with Gasteiger partial charge >= 0.3 is 0 Å². The molecular weight excluding hydrogens is 295 g/mol. The molecule has 4 nitrogen and oxygen atoms in total. The van der Waals surface area contributed by atoms with Crippen molar-refractivity contribution in [3.8, 4) is 5.75 Å². The molecule has 1 heterocycles. The van der Waals surface area contributed by atoms with Gasteiger partial charge in [-0.25, -0.2) is 4.39 Å². The lowest BCUT2D eigenvalue weighted by Gasteiger charge is -2.19. The van der Waals surface area contributed by atoms with E-state index >= 15 is 0 Å². The summed E-state index contributed by atoms with van der Waals surface area (Å²) in [4.78, 5) is 12.0. The highest BCUT2D eigenvalue weighted by Crippen LogP contribution is 2.35. The van der Waals surface area contributed by atoms with Crippen molar-refractivity contribution in [1.82, 2.24) is 5.32 Å². The summed E-state index contributed by atoms with van der Waals surface area (Å²) in [6.45, 7) is 2.74. The zero-order valence-corrected chi connectivity index (χ0v) is 12.9. The number of hydrogen-bond donors (Lipinski definition) is 2. The normalized spacial score (nSPS) is 17.2. The molecule has 0 aliphatic carbocycles. The number of carbonyl (C=O) groups is 1. The first-order chi connectivity index (χ1) is 11.1. The van der Waals surface area contributed by atoms with Gasteiger partial charge in [-0.3, -0.25) is 4.79 Å². The van der Waals surface area contributed by atoms with Crippen LogP contribution >= 0.6 is 0 Å². The van der Waals surface area contributed by atoms with Crippen LogP contribution in [0.2, 0.25) is 0 Å². The Hall–Kier alpha value is -2.40. The Bertz CT molecular complexity index is 705. The second-order valence-corrected chi connectivity index (χ2v) is 5.65. The summed E-state index contributed by atoms with van der Waals surface area (Å²) in [6.07, 6.45) is 0. The van der Waals surface area contributed by atoms with E-state index in [1.54, 1.807) is 12.1 Å². The van der Waals surface area contributed by atoms with E-state index in [-0.39, 0.29) is 30.1 Å². The van der Waals surface area contributed by atoms with Crippen molar-refractivity contribution in [2.24, 2.45) is 0 Å². The number of carbonyl (C=O) groups excluding carboxylic acids is 1. The van der Waals surface area contributed by atoms with Crippen LogP contribution in [0.4, 0.5) is 10.1 Å². The Morgan fingerprint density at radius 3 is 2.83 bits per heavy atom. The van der Waals surface area contributed by atoms with E-state index in [2.05, 4.69) is 10.6 Å². The molecule has 0 unspecified atom stereocenters. The molecular formula is C18H19FN2O2. The summed E-state index contributed by atoms with van der Waals surface area (Å²) in [5, 5.41) is 5.76. The minimum Gasteiger partial charge on any atom is -0.493 e. The summed E-state index contributed by atoms with van der Waals surface area (Å²) in [5.74, 6) is 0.399. The molecule has 2 atom stereocenters. The Balaban J connectivity index is 1.54. The van der Waals surface area contributed by atoms with Gasteiger partial charge in [0, 0.05) is 17.5 Å². The molecule has 23 heavy (non-hydrogen) atoms. The molecule has 0 saturated heterocycles. The number of amides is 1. The van der Waals surface area contributed by atoms with Crippen molar-refractivity contribution in [3.05, 3.63) is 59.9 Å². The van der Waals surface area contributed by atoms with E-state index in [0.29, 0.717) is 6.61 Å². The third kappa shape index (κ3) is 3.51. The second-order valence-electron chi connectivity index (χ2n) is 5.65. The van der Waals surface area contributed by atoms with Crippen LogP contribution in [0.1, 0.15) is 18.4 Å². The predicted octanol–water partition coefficient (Wildman–Crippen LogP) is 2.92. The number of anilines is 1.